The molecule has 7 heteroatoms. The van der Waals surface area contributed by atoms with Gasteiger partial charge in [0.15, 0.2) is 6.10 Å². The maximum atomic E-state index is 12.5. The number of carbonyl (C=O) groups is 2. The van der Waals surface area contributed by atoms with Crippen LogP contribution in [0.4, 0.5) is 0 Å². The van der Waals surface area contributed by atoms with Crippen molar-refractivity contribution in [3.05, 3.63) is 0 Å². The molecule has 3 rings (SSSR count). The highest BCUT2D eigenvalue weighted by Crippen LogP contribution is 2.48. The van der Waals surface area contributed by atoms with Crippen molar-refractivity contribution in [1.82, 2.24) is 5.32 Å². The van der Waals surface area contributed by atoms with Crippen LogP contribution in [0.25, 0.3) is 0 Å². The van der Waals surface area contributed by atoms with Crippen LogP contribution in [0, 0.1) is 10.8 Å². The zero-order valence-electron chi connectivity index (χ0n) is 17.8. The van der Waals surface area contributed by atoms with E-state index in [9.17, 15) is 9.59 Å². The minimum Gasteiger partial charge on any atom is -0.457 e. The normalized spacial score (nSPS) is 39.4. The van der Waals surface area contributed by atoms with Crippen LogP contribution in [-0.2, 0) is 28.5 Å². The molecule has 28 heavy (non-hydrogen) atoms. The first-order valence-corrected chi connectivity index (χ1v) is 10.3. The molecule has 1 saturated carbocycles. The number of rotatable bonds is 6. The van der Waals surface area contributed by atoms with Crippen molar-refractivity contribution in [2.24, 2.45) is 10.8 Å². The largest absolute Gasteiger partial charge is 0.457 e. The van der Waals surface area contributed by atoms with E-state index in [1.165, 1.54) is 0 Å². The molecule has 1 amide bonds. The van der Waals surface area contributed by atoms with Crippen molar-refractivity contribution in [3.63, 3.8) is 0 Å². The van der Waals surface area contributed by atoms with E-state index in [1.807, 2.05) is 0 Å². The lowest BCUT2D eigenvalue weighted by Crippen LogP contribution is -2.46. The average molecular weight is 398 g/mol. The summed E-state index contributed by atoms with van der Waals surface area (Å²) in [5.41, 5.74) is 0.122. The molecule has 1 aliphatic carbocycles. The number of carbonyl (C=O) groups excluding carboxylic acids is 2. The predicted molar refractivity (Wildman–Crippen MR) is 103 cm³/mol. The van der Waals surface area contributed by atoms with Crippen molar-refractivity contribution < 1.29 is 28.5 Å². The van der Waals surface area contributed by atoms with E-state index in [0.29, 0.717) is 19.6 Å². The Kier molecular flexibility index (Phi) is 6.37. The second kappa shape index (κ2) is 8.28. The molecule has 3 fully saturated rings. The van der Waals surface area contributed by atoms with E-state index in [1.54, 1.807) is 14.0 Å². The summed E-state index contributed by atoms with van der Waals surface area (Å²) >= 11 is 0. The third-order valence-corrected chi connectivity index (χ3v) is 6.33. The predicted octanol–water partition coefficient (Wildman–Crippen LogP) is 2.21. The summed E-state index contributed by atoms with van der Waals surface area (Å²) in [6, 6.07) is 0.157. The van der Waals surface area contributed by atoms with Gasteiger partial charge in [-0.2, -0.15) is 0 Å². The summed E-state index contributed by atoms with van der Waals surface area (Å²) in [6.45, 7) is 9.07. The third-order valence-electron chi connectivity index (χ3n) is 6.33. The Bertz CT molecular complexity index is 593. The zero-order valence-corrected chi connectivity index (χ0v) is 17.8. The van der Waals surface area contributed by atoms with Gasteiger partial charge in [0, 0.05) is 26.5 Å². The second-order valence-corrected chi connectivity index (χ2v) is 9.86. The van der Waals surface area contributed by atoms with Gasteiger partial charge >= 0.3 is 5.97 Å². The van der Waals surface area contributed by atoms with Crippen LogP contribution < -0.4 is 5.32 Å². The quantitative estimate of drug-likeness (QED) is 0.692. The van der Waals surface area contributed by atoms with Crippen molar-refractivity contribution in [2.75, 3.05) is 20.3 Å². The van der Waals surface area contributed by atoms with Crippen molar-refractivity contribution >= 4 is 11.9 Å². The number of esters is 1. The van der Waals surface area contributed by atoms with Crippen LogP contribution in [-0.4, -0.2) is 62.7 Å². The fraction of sp³-hybridized carbons (Fsp3) is 0.905. The molecule has 0 bridgehead atoms. The van der Waals surface area contributed by atoms with Gasteiger partial charge in [-0.3, -0.25) is 9.59 Å². The van der Waals surface area contributed by atoms with Crippen LogP contribution in [0.3, 0.4) is 0 Å². The van der Waals surface area contributed by atoms with Crippen LogP contribution in [0.5, 0.6) is 0 Å². The highest BCUT2D eigenvalue weighted by atomic mass is 16.6. The van der Waals surface area contributed by atoms with Gasteiger partial charge in [0.05, 0.1) is 13.2 Å². The number of methoxy groups -OCH3 is 1. The van der Waals surface area contributed by atoms with Gasteiger partial charge in [0.2, 0.25) is 5.91 Å². The minimum atomic E-state index is -0.361. The highest BCUT2D eigenvalue weighted by Gasteiger charge is 2.50. The van der Waals surface area contributed by atoms with E-state index < -0.39 is 0 Å². The molecular weight excluding hydrogens is 362 g/mol. The molecule has 160 valence electrons. The maximum absolute atomic E-state index is 12.5. The maximum Gasteiger partial charge on any atom is 0.306 e. The standard InChI is InChI=1S/C21H35NO6/c1-13(23)22-14-8-20(2,3)12-21(4,9-14)7-6-17(24)28-16-11-27-18-15(25-5)10-26-19(16)18/h14-16,18-19H,6-12H2,1-5H3,(H,22,23). The monoisotopic (exact) mass is 397 g/mol. The van der Waals surface area contributed by atoms with Crippen LogP contribution in [0.1, 0.15) is 59.8 Å². The minimum absolute atomic E-state index is 0.00572. The fourth-order valence-electron chi connectivity index (χ4n) is 5.58. The Morgan fingerprint density at radius 3 is 2.36 bits per heavy atom. The highest BCUT2D eigenvalue weighted by molar-refractivity contribution is 5.73. The number of hydrogen-bond donors (Lipinski definition) is 1. The van der Waals surface area contributed by atoms with Gasteiger partial charge in [-0.25, -0.2) is 0 Å². The van der Waals surface area contributed by atoms with Gasteiger partial charge in [0.1, 0.15) is 18.3 Å². The number of hydrogen-bond acceptors (Lipinski definition) is 6. The number of amides is 1. The van der Waals surface area contributed by atoms with Crippen molar-refractivity contribution in [1.29, 1.82) is 0 Å². The summed E-state index contributed by atoms with van der Waals surface area (Å²) in [4.78, 5) is 24.0. The van der Waals surface area contributed by atoms with Crippen LogP contribution in [0.2, 0.25) is 0 Å². The Morgan fingerprint density at radius 2 is 1.71 bits per heavy atom. The molecular formula is C21H35NO6. The zero-order chi connectivity index (χ0) is 20.5. The third kappa shape index (κ3) is 5.05. The molecule has 0 aromatic rings. The molecule has 7 nitrogen and oxygen atoms in total. The molecule has 2 saturated heterocycles. The Labute approximate surface area is 167 Å². The molecule has 6 atom stereocenters. The Balaban J connectivity index is 1.51. The van der Waals surface area contributed by atoms with E-state index in [2.05, 4.69) is 26.1 Å². The van der Waals surface area contributed by atoms with Gasteiger partial charge in [0.25, 0.3) is 0 Å². The van der Waals surface area contributed by atoms with Crippen LogP contribution in [0.15, 0.2) is 0 Å². The molecule has 2 aliphatic heterocycles. The number of ether oxygens (including phenoxy) is 4. The fourth-order valence-corrected chi connectivity index (χ4v) is 5.58. The molecule has 1 N–H and O–H groups in total. The molecule has 0 spiro atoms. The molecule has 0 radical (unpaired) electrons. The molecule has 6 unspecified atom stereocenters. The molecule has 0 aromatic heterocycles. The lowest BCUT2D eigenvalue weighted by Gasteiger charge is -2.47. The van der Waals surface area contributed by atoms with Crippen LogP contribution >= 0.6 is 0 Å². The van der Waals surface area contributed by atoms with Gasteiger partial charge in [-0.1, -0.05) is 20.8 Å². The van der Waals surface area contributed by atoms with Gasteiger partial charge in [-0.05, 0) is 36.5 Å². The van der Waals surface area contributed by atoms with E-state index in [-0.39, 0.29) is 53.2 Å². The first kappa shape index (κ1) is 21.5. The molecule has 3 aliphatic rings. The smallest absolute Gasteiger partial charge is 0.306 e. The Hall–Kier alpha value is -1.18. The van der Waals surface area contributed by atoms with Gasteiger partial charge < -0.3 is 24.3 Å². The Morgan fingerprint density at radius 1 is 1.07 bits per heavy atom. The molecule has 2 heterocycles. The number of nitrogens with one attached hydrogen (secondary N) is 1. The van der Waals surface area contributed by atoms with E-state index in [0.717, 1.165) is 25.7 Å². The summed E-state index contributed by atoms with van der Waals surface area (Å²) in [7, 11) is 1.64. The second-order valence-electron chi connectivity index (χ2n) is 9.86. The first-order valence-electron chi connectivity index (χ1n) is 10.3. The number of fused-ring (bicyclic) bond motifs is 1. The first-order chi connectivity index (χ1) is 13.1. The lowest BCUT2D eigenvalue weighted by atomic mass is 9.61. The average Bonchev–Trinajstić information content (AvgIpc) is 3.13. The van der Waals surface area contributed by atoms with E-state index in [4.69, 9.17) is 18.9 Å². The van der Waals surface area contributed by atoms with Crippen molar-refractivity contribution in [3.8, 4) is 0 Å². The van der Waals surface area contributed by atoms with Crippen molar-refractivity contribution in [2.45, 2.75) is 90.3 Å². The summed E-state index contributed by atoms with van der Waals surface area (Å²) in [5, 5.41) is 3.07. The SMILES string of the molecule is COC1COC2C(OC(=O)CCC3(C)CC(NC(C)=O)CC(C)(C)C3)COC12. The summed E-state index contributed by atoms with van der Waals surface area (Å²) in [6.07, 6.45) is 3.14. The summed E-state index contributed by atoms with van der Waals surface area (Å²) < 4.78 is 22.5. The van der Waals surface area contributed by atoms with E-state index >= 15 is 0 Å². The lowest BCUT2D eigenvalue weighted by molar-refractivity contribution is -0.155. The van der Waals surface area contributed by atoms with Gasteiger partial charge in [-0.15, -0.1) is 0 Å². The topological polar surface area (TPSA) is 83.1 Å². The summed E-state index contributed by atoms with van der Waals surface area (Å²) in [5.74, 6) is -0.203. The molecule has 0 aromatic carbocycles.